The third-order valence-corrected chi connectivity index (χ3v) is 5.68. The standard InChI is InChI=1S/C25H21N3O/c29-25(28-13-10-23(17-28)22-7-2-11-26-16-22)21-5-1-4-18(15-21)19-8-9-24-20(14-19)6-3-12-27-24/h1-9,11-12,14-16,23H,10,13,17H2. The van der Waals surface area contributed by atoms with Crippen LogP contribution in [0.15, 0.2) is 85.3 Å². The van der Waals surface area contributed by atoms with E-state index in [-0.39, 0.29) is 5.91 Å². The van der Waals surface area contributed by atoms with Crippen LogP contribution in [0.2, 0.25) is 0 Å². The highest BCUT2D eigenvalue weighted by Gasteiger charge is 2.28. The van der Waals surface area contributed by atoms with Crippen LogP contribution in [0.4, 0.5) is 0 Å². The first kappa shape index (κ1) is 17.6. The molecule has 4 nitrogen and oxygen atoms in total. The lowest BCUT2D eigenvalue weighted by Gasteiger charge is -2.17. The number of carbonyl (C=O) groups is 1. The Kier molecular flexibility index (Phi) is 4.53. The summed E-state index contributed by atoms with van der Waals surface area (Å²) in [5.74, 6) is 0.463. The Bertz CT molecular complexity index is 1170. The maximum absolute atomic E-state index is 13.1. The molecule has 0 spiro atoms. The predicted octanol–water partition coefficient (Wildman–Crippen LogP) is 4.93. The molecule has 1 amide bonds. The summed E-state index contributed by atoms with van der Waals surface area (Å²) in [7, 11) is 0. The predicted molar refractivity (Wildman–Crippen MR) is 115 cm³/mol. The number of benzene rings is 2. The third-order valence-electron chi connectivity index (χ3n) is 5.68. The van der Waals surface area contributed by atoms with Gasteiger partial charge in [-0.05, 0) is 59.5 Å². The second kappa shape index (κ2) is 7.47. The molecule has 29 heavy (non-hydrogen) atoms. The lowest BCUT2D eigenvalue weighted by molar-refractivity contribution is 0.0791. The molecule has 4 heteroatoms. The first-order chi connectivity index (χ1) is 14.3. The van der Waals surface area contributed by atoms with E-state index in [1.54, 1.807) is 12.4 Å². The molecule has 2 aromatic heterocycles. The molecule has 1 fully saturated rings. The van der Waals surface area contributed by atoms with Crippen molar-refractivity contribution in [3.63, 3.8) is 0 Å². The van der Waals surface area contributed by atoms with E-state index in [4.69, 9.17) is 0 Å². The van der Waals surface area contributed by atoms with Gasteiger partial charge in [-0.25, -0.2) is 0 Å². The molecule has 3 heterocycles. The van der Waals surface area contributed by atoms with Crippen molar-refractivity contribution in [2.45, 2.75) is 12.3 Å². The molecule has 1 unspecified atom stereocenters. The molecule has 0 radical (unpaired) electrons. The molecular weight excluding hydrogens is 358 g/mol. The number of likely N-dealkylation sites (tertiary alicyclic amines) is 1. The number of hydrogen-bond acceptors (Lipinski definition) is 3. The number of amides is 1. The number of nitrogens with zero attached hydrogens (tertiary/aromatic N) is 3. The van der Waals surface area contributed by atoms with Crippen molar-refractivity contribution in [2.75, 3.05) is 13.1 Å². The van der Waals surface area contributed by atoms with Gasteiger partial charge in [-0.2, -0.15) is 0 Å². The van der Waals surface area contributed by atoms with E-state index in [0.717, 1.165) is 47.1 Å². The highest BCUT2D eigenvalue weighted by molar-refractivity contribution is 5.96. The highest BCUT2D eigenvalue weighted by atomic mass is 16.2. The topological polar surface area (TPSA) is 46.1 Å². The second-order valence-electron chi connectivity index (χ2n) is 7.51. The fraction of sp³-hybridized carbons (Fsp3) is 0.160. The summed E-state index contributed by atoms with van der Waals surface area (Å²) >= 11 is 0. The molecule has 4 aromatic rings. The van der Waals surface area contributed by atoms with Gasteiger partial charge in [-0.1, -0.05) is 30.3 Å². The molecule has 0 saturated carbocycles. The van der Waals surface area contributed by atoms with Crippen molar-refractivity contribution in [1.29, 1.82) is 0 Å². The van der Waals surface area contributed by atoms with Crippen LogP contribution in [0, 0.1) is 0 Å². The van der Waals surface area contributed by atoms with Crippen LogP contribution in [0.3, 0.4) is 0 Å². The number of carbonyl (C=O) groups excluding carboxylic acids is 1. The van der Waals surface area contributed by atoms with Crippen molar-refractivity contribution in [3.05, 3.63) is 96.4 Å². The monoisotopic (exact) mass is 379 g/mol. The normalized spacial score (nSPS) is 16.3. The van der Waals surface area contributed by atoms with Crippen molar-refractivity contribution < 1.29 is 4.79 Å². The minimum absolute atomic E-state index is 0.0979. The van der Waals surface area contributed by atoms with Crippen LogP contribution in [0.1, 0.15) is 28.3 Å². The van der Waals surface area contributed by atoms with E-state index >= 15 is 0 Å². The van der Waals surface area contributed by atoms with Crippen molar-refractivity contribution in [1.82, 2.24) is 14.9 Å². The molecular formula is C25H21N3O. The van der Waals surface area contributed by atoms with E-state index in [9.17, 15) is 4.79 Å². The van der Waals surface area contributed by atoms with Crippen molar-refractivity contribution >= 4 is 16.8 Å². The van der Waals surface area contributed by atoms with Gasteiger partial charge in [-0.3, -0.25) is 14.8 Å². The molecule has 142 valence electrons. The van der Waals surface area contributed by atoms with Gasteiger partial charge < -0.3 is 4.90 Å². The summed E-state index contributed by atoms with van der Waals surface area (Å²) in [6, 6.07) is 22.2. The summed E-state index contributed by atoms with van der Waals surface area (Å²) < 4.78 is 0. The van der Waals surface area contributed by atoms with E-state index in [2.05, 4.69) is 40.3 Å². The zero-order chi connectivity index (χ0) is 19.6. The van der Waals surface area contributed by atoms with Gasteiger partial charge in [0.25, 0.3) is 5.91 Å². The highest BCUT2D eigenvalue weighted by Crippen LogP contribution is 2.29. The van der Waals surface area contributed by atoms with Crippen LogP contribution < -0.4 is 0 Å². The summed E-state index contributed by atoms with van der Waals surface area (Å²) in [5, 5.41) is 1.10. The smallest absolute Gasteiger partial charge is 0.253 e. The summed E-state index contributed by atoms with van der Waals surface area (Å²) in [6.07, 6.45) is 6.48. The molecule has 1 aliphatic heterocycles. The van der Waals surface area contributed by atoms with Crippen LogP contribution in [0.25, 0.3) is 22.0 Å². The number of aromatic nitrogens is 2. The lowest BCUT2D eigenvalue weighted by Crippen LogP contribution is -2.28. The van der Waals surface area contributed by atoms with Gasteiger partial charge in [0.2, 0.25) is 0 Å². The summed E-state index contributed by atoms with van der Waals surface area (Å²) in [5.41, 5.74) is 5.06. The Labute approximate surface area is 169 Å². The quantitative estimate of drug-likeness (QED) is 0.507. The maximum atomic E-state index is 13.1. The largest absolute Gasteiger partial charge is 0.338 e. The van der Waals surface area contributed by atoms with Crippen LogP contribution >= 0.6 is 0 Å². The number of hydrogen-bond donors (Lipinski definition) is 0. The Morgan fingerprint density at radius 1 is 0.931 bits per heavy atom. The number of pyridine rings is 2. The molecule has 0 aliphatic carbocycles. The minimum atomic E-state index is 0.0979. The SMILES string of the molecule is O=C(c1cccc(-c2ccc3ncccc3c2)c1)N1CCC(c2cccnc2)C1. The maximum Gasteiger partial charge on any atom is 0.253 e. The van der Waals surface area contributed by atoms with E-state index in [1.165, 1.54) is 5.56 Å². The Morgan fingerprint density at radius 2 is 1.83 bits per heavy atom. The molecule has 5 rings (SSSR count). The summed E-state index contributed by atoms with van der Waals surface area (Å²) in [4.78, 5) is 23.7. The zero-order valence-electron chi connectivity index (χ0n) is 16.0. The van der Waals surface area contributed by atoms with Crippen LogP contribution in [-0.4, -0.2) is 33.9 Å². The Hall–Kier alpha value is -3.53. The Morgan fingerprint density at radius 3 is 2.72 bits per heavy atom. The first-order valence-electron chi connectivity index (χ1n) is 9.92. The third kappa shape index (κ3) is 3.49. The fourth-order valence-corrected chi connectivity index (χ4v) is 4.10. The van der Waals surface area contributed by atoms with Crippen molar-refractivity contribution in [2.24, 2.45) is 0 Å². The van der Waals surface area contributed by atoms with Crippen molar-refractivity contribution in [3.8, 4) is 11.1 Å². The molecule has 1 atom stereocenters. The second-order valence-corrected chi connectivity index (χ2v) is 7.51. The van der Waals surface area contributed by atoms with Gasteiger partial charge in [0.15, 0.2) is 0 Å². The molecule has 1 aliphatic rings. The number of rotatable bonds is 3. The average Bonchev–Trinajstić information content (AvgIpc) is 3.29. The Balaban J connectivity index is 1.38. The molecule has 2 aromatic carbocycles. The zero-order valence-corrected chi connectivity index (χ0v) is 16.0. The van der Waals surface area contributed by atoms with Crippen LogP contribution in [0.5, 0.6) is 0 Å². The average molecular weight is 379 g/mol. The minimum Gasteiger partial charge on any atom is -0.338 e. The van der Waals surface area contributed by atoms with Gasteiger partial charge in [0, 0.05) is 48.5 Å². The molecule has 1 saturated heterocycles. The fourth-order valence-electron chi connectivity index (χ4n) is 4.10. The van der Waals surface area contributed by atoms with Gasteiger partial charge in [0.05, 0.1) is 5.52 Å². The summed E-state index contributed by atoms with van der Waals surface area (Å²) in [6.45, 7) is 1.53. The van der Waals surface area contributed by atoms with E-state index in [0.29, 0.717) is 5.92 Å². The van der Waals surface area contributed by atoms with Crippen LogP contribution in [-0.2, 0) is 0 Å². The lowest BCUT2D eigenvalue weighted by atomic mass is 10.0. The van der Waals surface area contributed by atoms with Gasteiger partial charge in [0.1, 0.15) is 0 Å². The molecule has 0 N–H and O–H groups in total. The van der Waals surface area contributed by atoms with Gasteiger partial charge >= 0.3 is 0 Å². The number of fused-ring (bicyclic) bond motifs is 1. The van der Waals surface area contributed by atoms with Gasteiger partial charge in [-0.15, -0.1) is 0 Å². The van der Waals surface area contributed by atoms with E-state index < -0.39 is 0 Å². The first-order valence-corrected chi connectivity index (χ1v) is 9.92. The van der Waals surface area contributed by atoms with E-state index in [1.807, 2.05) is 47.5 Å². The molecule has 0 bridgehead atoms.